The van der Waals surface area contributed by atoms with E-state index in [-0.39, 0.29) is 0 Å². The summed E-state index contributed by atoms with van der Waals surface area (Å²) in [7, 11) is 0. The van der Waals surface area contributed by atoms with Crippen LogP contribution in [0.25, 0.3) is 0 Å². The summed E-state index contributed by atoms with van der Waals surface area (Å²) in [6, 6.07) is 0.878. The smallest absolute Gasteiger partial charge is 0.00965 e. The molecule has 0 bridgehead atoms. The van der Waals surface area contributed by atoms with E-state index in [4.69, 9.17) is 0 Å². The zero-order valence-electron chi connectivity index (χ0n) is 8.89. The van der Waals surface area contributed by atoms with E-state index in [1.165, 1.54) is 51.5 Å². The van der Waals surface area contributed by atoms with Crippen molar-refractivity contribution < 1.29 is 0 Å². The Morgan fingerprint density at radius 2 is 1.69 bits per heavy atom. The molecule has 2 rings (SSSR count). The van der Waals surface area contributed by atoms with Crippen molar-refractivity contribution in [1.82, 2.24) is 5.32 Å². The summed E-state index contributed by atoms with van der Waals surface area (Å²) in [5, 5.41) is 3.70. The van der Waals surface area contributed by atoms with Crippen molar-refractivity contribution in [2.45, 2.75) is 57.9 Å². The van der Waals surface area contributed by atoms with Gasteiger partial charge in [0.2, 0.25) is 0 Å². The Bertz CT molecular complexity index is 147. The lowest BCUT2D eigenvalue weighted by Gasteiger charge is -2.14. The highest BCUT2D eigenvalue weighted by molar-refractivity contribution is 4.90. The average molecular weight is 181 g/mol. The maximum absolute atomic E-state index is 3.70. The quantitative estimate of drug-likeness (QED) is 0.660. The molecular weight excluding hydrogens is 158 g/mol. The third-order valence-corrected chi connectivity index (χ3v) is 3.75. The zero-order valence-corrected chi connectivity index (χ0v) is 8.89. The Hall–Kier alpha value is -0.0400. The molecule has 1 N–H and O–H groups in total. The molecule has 0 aromatic heterocycles. The molecule has 0 saturated heterocycles. The van der Waals surface area contributed by atoms with Crippen LogP contribution in [0.5, 0.6) is 0 Å². The van der Waals surface area contributed by atoms with Crippen LogP contribution in [0.15, 0.2) is 0 Å². The molecule has 2 aliphatic carbocycles. The molecule has 0 amide bonds. The SMILES string of the molecule is C[C@@H]1C[C@H]1NCC1CCCCCC1. The Labute approximate surface area is 82.3 Å². The van der Waals surface area contributed by atoms with Gasteiger partial charge in [-0.2, -0.15) is 0 Å². The Kier molecular flexibility index (Phi) is 3.26. The number of hydrogen-bond acceptors (Lipinski definition) is 1. The Morgan fingerprint density at radius 1 is 1.08 bits per heavy atom. The van der Waals surface area contributed by atoms with Gasteiger partial charge in [-0.25, -0.2) is 0 Å². The van der Waals surface area contributed by atoms with Crippen LogP contribution in [0.3, 0.4) is 0 Å². The molecule has 0 unspecified atom stereocenters. The number of nitrogens with one attached hydrogen (secondary N) is 1. The van der Waals surface area contributed by atoms with Gasteiger partial charge in [0.15, 0.2) is 0 Å². The van der Waals surface area contributed by atoms with E-state index < -0.39 is 0 Å². The van der Waals surface area contributed by atoms with E-state index in [0.717, 1.165) is 17.9 Å². The Morgan fingerprint density at radius 3 is 2.23 bits per heavy atom. The van der Waals surface area contributed by atoms with Gasteiger partial charge in [-0.15, -0.1) is 0 Å². The summed E-state index contributed by atoms with van der Waals surface area (Å²) in [4.78, 5) is 0. The van der Waals surface area contributed by atoms with Crippen LogP contribution in [-0.2, 0) is 0 Å². The van der Waals surface area contributed by atoms with E-state index >= 15 is 0 Å². The fourth-order valence-corrected chi connectivity index (χ4v) is 2.49. The fraction of sp³-hybridized carbons (Fsp3) is 1.00. The molecule has 0 aromatic rings. The van der Waals surface area contributed by atoms with Gasteiger partial charge in [0.25, 0.3) is 0 Å². The minimum Gasteiger partial charge on any atom is -0.313 e. The zero-order chi connectivity index (χ0) is 9.10. The molecular formula is C12H23N. The Balaban J connectivity index is 1.62. The van der Waals surface area contributed by atoms with Crippen molar-refractivity contribution in [3.05, 3.63) is 0 Å². The van der Waals surface area contributed by atoms with Crippen molar-refractivity contribution in [3.8, 4) is 0 Å². The second kappa shape index (κ2) is 4.45. The fourth-order valence-electron chi connectivity index (χ4n) is 2.49. The lowest BCUT2D eigenvalue weighted by atomic mass is 10.0. The van der Waals surface area contributed by atoms with Crippen molar-refractivity contribution >= 4 is 0 Å². The number of hydrogen-bond donors (Lipinski definition) is 1. The minimum atomic E-state index is 0.878. The van der Waals surface area contributed by atoms with Crippen molar-refractivity contribution in [2.24, 2.45) is 11.8 Å². The van der Waals surface area contributed by atoms with Crippen LogP contribution in [0.4, 0.5) is 0 Å². The van der Waals surface area contributed by atoms with Crippen LogP contribution in [0.2, 0.25) is 0 Å². The molecule has 2 atom stereocenters. The van der Waals surface area contributed by atoms with E-state index in [0.29, 0.717) is 0 Å². The van der Waals surface area contributed by atoms with Gasteiger partial charge in [-0.3, -0.25) is 0 Å². The average Bonchev–Trinajstić information content (AvgIpc) is 2.85. The number of rotatable bonds is 3. The second-order valence-electron chi connectivity index (χ2n) is 5.09. The van der Waals surface area contributed by atoms with Gasteiger partial charge in [0, 0.05) is 6.04 Å². The molecule has 0 aliphatic heterocycles. The highest BCUT2D eigenvalue weighted by Crippen LogP contribution is 2.30. The summed E-state index contributed by atoms with van der Waals surface area (Å²) >= 11 is 0. The van der Waals surface area contributed by atoms with E-state index in [1.807, 2.05) is 0 Å². The van der Waals surface area contributed by atoms with Gasteiger partial charge < -0.3 is 5.32 Å². The predicted octanol–water partition coefficient (Wildman–Crippen LogP) is 2.95. The molecule has 2 saturated carbocycles. The lowest BCUT2D eigenvalue weighted by molar-refractivity contribution is 0.420. The largest absolute Gasteiger partial charge is 0.313 e. The van der Waals surface area contributed by atoms with Crippen molar-refractivity contribution in [2.75, 3.05) is 6.54 Å². The lowest BCUT2D eigenvalue weighted by Crippen LogP contribution is -2.25. The molecule has 0 radical (unpaired) electrons. The summed E-state index contributed by atoms with van der Waals surface area (Å²) in [6.07, 6.45) is 10.3. The van der Waals surface area contributed by atoms with Gasteiger partial charge in [0.05, 0.1) is 0 Å². The van der Waals surface area contributed by atoms with Crippen molar-refractivity contribution in [3.63, 3.8) is 0 Å². The minimum absolute atomic E-state index is 0.878. The predicted molar refractivity (Wildman–Crippen MR) is 56.8 cm³/mol. The van der Waals surface area contributed by atoms with Crippen LogP contribution < -0.4 is 5.32 Å². The van der Waals surface area contributed by atoms with Crippen LogP contribution in [0, 0.1) is 11.8 Å². The first-order chi connectivity index (χ1) is 6.36. The normalized spacial score (nSPS) is 35.8. The molecule has 0 aromatic carbocycles. The van der Waals surface area contributed by atoms with Crippen LogP contribution in [0.1, 0.15) is 51.9 Å². The highest BCUT2D eigenvalue weighted by atomic mass is 15.0. The molecule has 1 nitrogen and oxygen atoms in total. The topological polar surface area (TPSA) is 12.0 Å². The summed E-state index contributed by atoms with van der Waals surface area (Å²) in [5.74, 6) is 1.96. The maximum Gasteiger partial charge on any atom is 0.00965 e. The third kappa shape index (κ3) is 2.98. The summed E-state index contributed by atoms with van der Waals surface area (Å²) in [6.45, 7) is 3.65. The summed E-state index contributed by atoms with van der Waals surface area (Å²) in [5.41, 5.74) is 0. The molecule has 0 spiro atoms. The first kappa shape index (κ1) is 9.51. The second-order valence-corrected chi connectivity index (χ2v) is 5.09. The van der Waals surface area contributed by atoms with Crippen LogP contribution in [-0.4, -0.2) is 12.6 Å². The molecule has 2 fully saturated rings. The van der Waals surface area contributed by atoms with E-state index in [1.54, 1.807) is 0 Å². The van der Waals surface area contributed by atoms with Crippen LogP contribution >= 0.6 is 0 Å². The maximum atomic E-state index is 3.70. The van der Waals surface area contributed by atoms with Crippen molar-refractivity contribution in [1.29, 1.82) is 0 Å². The highest BCUT2D eigenvalue weighted by Gasteiger charge is 2.32. The molecule has 76 valence electrons. The van der Waals surface area contributed by atoms with Gasteiger partial charge in [-0.05, 0) is 37.6 Å². The standard InChI is InChI=1S/C12H23N/c1-10-8-12(10)13-9-11-6-4-2-3-5-7-11/h10-13H,2-9H2,1H3/t10-,12-/m1/s1. The molecule has 1 heteroatoms. The first-order valence-corrected chi connectivity index (χ1v) is 6.09. The molecule has 13 heavy (non-hydrogen) atoms. The van der Waals surface area contributed by atoms with E-state index in [9.17, 15) is 0 Å². The third-order valence-electron chi connectivity index (χ3n) is 3.75. The van der Waals surface area contributed by atoms with Gasteiger partial charge >= 0.3 is 0 Å². The monoisotopic (exact) mass is 181 g/mol. The summed E-state index contributed by atoms with van der Waals surface area (Å²) < 4.78 is 0. The molecule has 2 aliphatic rings. The molecule has 0 heterocycles. The first-order valence-electron chi connectivity index (χ1n) is 6.09. The van der Waals surface area contributed by atoms with Gasteiger partial charge in [0.1, 0.15) is 0 Å². The van der Waals surface area contributed by atoms with Gasteiger partial charge in [-0.1, -0.05) is 32.6 Å². The van der Waals surface area contributed by atoms with E-state index in [2.05, 4.69) is 12.2 Å².